The number of methoxy groups -OCH3 is 1. The van der Waals surface area contributed by atoms with Gasteiger partial charge in [0.25, 0.3) is 0 Å². The Hall–Kier alpha value is -2.16. The van der Waals surface area contributed by atoms with Crippen LogP contribution in [0.1, 0.15) is 16.8 Å². The fourth-order valence-electron chi connectivity index (χ4n) is 2.76. The van der Waals surface area contributed by atoms with Crippen LogP contribution in [0.2, 0.25) is 0 Å². The van der Waals surface area contributed by atoms with Crippen LogP contribution in [-0.2, 0) is 47.4 Å². The average molecular weight is 561 g/mol. The Bertz CT molecular complexity index is 686. The highest BCUT2D eigenvalue weighted by Crippen LogP contribution is 2.10. The number of carbonyl (C=O) groups excluding carboxylic acids is 2. The van der Waals surface area contributed by atoms with Gasteiger partial charge in [-0.3, -0.25) is 9.59 Å². The summed E-state index contributed by atoms with van der Waals surface area (Å²) in [5.74, 6) is 0.413. The van der Waals surface area contributed by atoms with Gasteiger partial charge in [0.2, 0.25) is 0 Å². The van der Waals surface area contributed by atoms with Gasteiger partial charge in [0.05, 0.1) is 119 Å². The molecule has 0 amide bonds. The molecule has 0 aliphatic carbocycles. The third kappa shape index (κ3) is 23.4. The molecule has 0 unspecified atom stereocenters. The predicted octanol–water partition coefficient (Wildman–Crippen LogP) is 1.57. The highest BCUT2D eigenvalue weighted by molar-refractivity contribution is 5.74. The lowest BCUT2D eigenvalue weighted by Crippen LogP contribution is -2.15. The van der Waals surface area contributed by atoms with Gasteiger partial charge in [-0.2, -0.15) is 0 Å². The summed E-state index contributed by atoms with van der Waals surface area (Å²) < 4.78 is 53.3. The highest BCUT2D eigenvalue weighted by Gasteiger charge is 1.99. The highest BCUT2D eigenvalue weighted by atomic mass is 16.6. The summed E-state index contributed by atoms with van der Waals surface area (Å²) in [5.41, 5.74) is 0.616. The fraction of sp³-hybridized carbons (Fsp3) is 0.704. The first kappa shape index (κ1) is 34.9. The van der Waals surface area contributed by atoms with E-state index in [1.54, 1.807) is 24.3 Å². The number of hydrogen-bond donors (Lipinski definition) is 0. The van der Waals surface area contributed by atoms with E-state index in [-0.39, 0.29) is 12.4 Å². The van der Waals surface area contributed by atoms with E-state index in [0.29, 0.717) is 124 Å². The van der Waals surface area contributed by atoms with Crippen molar-refractivity contribution in [3.8, 4) is 5.75 Å². The number of ether oxygens (including phenoxy) is 10. The van der Waals surface area contributed by atoms with E-state index in [1.807, 2.05) is 0 Å². The van der Waals surface area contributed by atoms with E-state index in [2.05, 4.69) is 4.74 Å². The van der Waals surface area contributed by atoms with Gasteiger partial charge >= 0.3 is 5.97 Å². The van der Waals surface area contributed by atoms with Crippen LogP contribution in [0.3, 0.4) is 0 Å². The van der Waals surface area contributed by atoms with Crippen molar-refractivity contribution in [1.29, 1.82) is 0 Å². The molecule has 0 fully saturated rings. The van der Waals surface area contributed by atoms with Gasteiger partial charge in [-0.1, -0.05) is 0 Å². The van der Waals surface area contributed by atoms with Crippen LogP contribution in [0.5, 0.6) is 5.75 Å². The number of hydrogen-bond acceptors (Lipinski definition) is 12. The monoisotopic (exact) mass is 560 g/mol. The molecule has 0 aliphatic heterocycles. The molecule has 224 valence electrons. The van der Waals surface area contributed by atoms with Crippen molar-refractivity contribution in [3.63, 3.8) is 0 Å². The van der Waals surface area contributed by atoms with Gasteiger partial charge in [-0.25, -0.2) is 0 Å². The van der Waals surface area contributed by atoms with Gasteiger partial charge in [0.15, 0.2) is 0 Å². The molecule has 1 aromatic rings. The van der Waals surface area contributed by atoms with E-state index >= 15 is 0 Å². The quantitative estimate of drug-likeness (QED) is 0.0802. The molecule has 0 saturated heterocycles. The number of aldehydes is 1. The lowest BCUT2D eigenvalue weighted by atomic mass is 10.2. The van der Waals surface area contributed by atoms with Crippen LogP contribution in [-0.4, -0.2) is 132 Å². The molecular formula is C27H44O12. The molecule has 39 heavy (non-hydrogen) atoms. The third-order valence-corrected chi connectivity index (χ3v) is 4.79. The van der Waals surface area contributed by atoms with Crippen LogP contribution in [0.25, 0.3) is 0 Å². The predicted molar refractivity (Wildman–Crippen MR) is 141 cm³/mol. The lowest BCUT2D eigenvalue weighted by Gasteiger charge is -2.09. The Morgan fingerprint density at radius 3 is 1.21 bits per heavy atom. The first-order chi connectivity index (χ1) is 19.3. The van der Waals surface area contributed by atoms with Crippen LogP contribution in [0.4, 0.5) is 0 Å². The molecule has 0 heterocycles. The summed E-state index contributed by atoms with van der Waals surface area (Å²) in [4.78, 5) is 21.5. The van der Waals surface area contributed by atoms with E-state index in [9.17, 15) is 9.59 Å². The van der Waals surface area contributed by atoms with Crippen LogP contribution in [0.15, 0.2) is 24.3 Å². The smallest absolute Gasteiger partial charge is 0.307 e. The van der Waals surface area contributed by atoms with Crippen molar-refractivity contribution in [2.24, 2.45) is 0 Å². The lowest BCUT2D eigenvalue weighted by molar-refractivity contribution is -0.141. The Morgan fingerprint density at radius 2 is 0.872 bits per heavy atom. The van der Waals surface area contributed by atoms with Crippen LogP contribution < -0.4 is 4.74 Å². The maximum absolute atomic E-state index is 10.9. The maximum atomic E-state index is 10.9. The first-order valence-corrected chi connectivity index (χ1v) is 13.1. The van der Waals surface area contributed by atoms with Gasteiger partial charge in [0, 0.05) is 5.56 Å². The zero-order valence-corrected chi connectivity index (χ0v) is 23.0. The minimum absolute atomic E-state index is 0.243. The number of esters is 1. The Kier molecular flexibility index (Phi) is 24.5. The molecule has 1 aromatic carbocycles. The second-order valence-electron chi connectivity index (χ2n) is 7.76. The van der Waals surface area contributed by atoms with E-state index in [1.165, 1.54) is 7.11 Å². The molecule has 0 bridgehead atoms. The third-order valence-electron chi connectivity index (χ3n) is 4.79. The largest absolute Gasteiger partial charge is 0.491 e. The van der Waals surface area contributed by atoms with Gasteiger partial charge in [-0.15, -0.1) is 0 Å². The van der Waals surface area contributed by atoms with Crippen molar-refractivity contribution in [2.75, 3.05) is 119 Å². The molecule has 0 saturated carbocycles. The Balaban J connectivity index is 1.67. The Morgan fingerprint density at radius 1 is 0.538 bits per heavy atom. The van der Waals surface area contributed by atoms with Crippen LogP contribution >= 0.6 is 0 Å². The summed E-state index contributed by atoms with van der Waals surface area (Å²) >= 11 is 0. The molecule has 0 N–H and O–H groups in total. The topological polar surface area (TPSA) is 126 Å². The zero-order valence-electron chi connectivity index (χ0n) is 23.0. The van der Waals surface area contributed by atoms with Crippen LogP contribution in [0, 0.1) is 0 Å². The summed E-state index contributed by atoms with van der Waals surface area (Å²) in [6.07, 6.45) is 1.04. The summed E-state index contributed by atoms with van der Waals surface area (Å²) in [6.45, 7) is 7.90. The zero-order chi connectivity index (χ0) is 28.1. The van der Waals surface area contributed by atoms with E-state index < -0.39 is 0 Å². The van der Waals surface area contributed by atoms with Crippen molar-refractivity contribution >= 4 is 12.3 Å². The average Bonchev–Trinajstić information content (AvgIpc) is 2.96. The van der Waals surface area contributed by atoms with Crippen molar-refractivity contribution in [1.82, 2.24) is 0 Å². The number of rotatable bonds is 29. The number of carbonyl (C=O) groups is 2. The van der Waals surface area contributed by atoms with Gasteiger partial charge < -0.3 is 47.4 Å². The second-order valence-corrected chi connectivity index (χ2v) is 7.76. The molecule has 0 radical (unpaired) electrons. The van der Waals surface area contributed by atoms with E-state index in [0.717, 1.165) is 6.29 Å². The van der Waals surface area contributed by atoms with Gasteiger partial charge in [-0.05, 0) is 24.3 Å². The van der Waals surface area contributed by atoms with Crippen molar-refractivity contribution in [3.05, 3.63) is 29.8 Å². The molecular weight excluding hydrogens is 516 g/mol. The second kappa shape index (κ2) is 27.4. The molecule has 12 heteroatoms. The molecule has 12 nitrogen and oxygen atoms in total. The minimum Gasteiger partial charge on any atom is -0.491 e. The maximum Gasteiger partial charge on any atom is 0.307 e. The summed E-state index contributed by atoms with van der Waals surface area (Å²) in [6, 6.07) is 6.92. The SMILES string of the molecule is COC(=O)CCOCCOCCOCCOCCOCCOCCOCCOCCOc1ccc(C=O)cc1. The minimum atomic E-state index is -0.288. The molecule has 0 aromatic heterocycles. The first-order valence-electron chi connectivity index (χ1n) is 13.1. The molecule has 0 atom stereocenters. The summed E-state index contributed by atoms with van der Waals surface area (Å²) in [7, 11) is 1.35. The number of benzene rings is 1. The molecule has 0 aliphatic rings. The summed E-state index contributed by atoms with van der Waals surface area (Å²) in [5, 5.41) is 0. The normalized spacial score (nSPS) is 11.0. The van der Waals surface area contributed by atoms with Crippen molar-refractivity contribution < 1.29 is 57.0 Å². The van der Waals surface area contributed by atoms with Gasteiger partial charge in [0.1, 0.15) is 18.6 Å². The fourth-order valence-corrected chi connectivity index (χ4v) is 2.76. The Labute approximate surface area is 231 Å². The molecule has 0 spiro atoms. The van der Waals surface area contributed by atoms with Crippen molar-refractivity contribution in [2.45, 2.75) is 6.42 Å². The molecule has 1 rings (SSSR count). The van der Waals surface area contributed by atoms with E-state index in [4.69, 9.17) is 42.6 Å². The standard InChI is InChI=1S/C27H44O12/c1-30-27(29)6-7-31-8-9-32-10-11-33-12-13-34-14-15-35-16-17-36-18-19-37-20-21-38-22-23-39-26-4-2-25(24-28)3-5-26/h2-5,24H,6-23H2,1H3.